The number of hydrogen-bond donors (Lipinski definition) is 3. The van der Waals surface area contributed by atoms with Gasteiger partial charge in [0.05, 0.1) is 18.9 Å². The van der Waals surface area contributed by atoms with Gasteiger partial charge in [-0.2, -0.15) is 0 Å². The van der Waals surface area contributed by atoms with Crippen LogP contribution in [0.1, 0.15) is 24.4 Å². The second kappa shape index (κ2) is 10.4. The van der Waals surface area contributed by atoms with E-state index in [-0.39, 0.29) is 44.0 Å². The zero-order valence-electron chi connectivity index (χ0n) is 18.2. The summed E-state index contributed by atoms with van der Waals surface area (Å²) in [5.41, 5.74) is 1.39. The number of nitrogens with zero attached hydrogens (tertiary/aromatic N) is 2. The van der Waals surface area contributed by atoms with Crippen molar-refractivity contribution in [2.45, 2.75) is 18.9 Å². The van der Waals surface area contributed by atoms with Crippen molar-refractivity contribution in [3.63, 3.8) is 0 Å². The van der Waals surface area contributed by atoms with Crippen molar-refractivity contribution in [2.75, 3.05) is 44.7 Å². The fraction of sp³-hybridized carbons (Fsp3) is 0.417. The molecule has 2 amide bonds. The number of amides is 2. The second-order valence-corrected chi connectivity index (χ2v) is 8.67. The van der Waals surface area contributed by atoms with Crippen LogP contribution in [0.2, 0.25) is 5.02 Å². The Morgan fingerprint density at radius 2 is 1.76 bits per heavy atom. The first-order valence-electron chi connectivity index (χ1n) is 11.1. The minimum absolute atomic E-state index is 0.0832. The Morgan fingerprint density at radius 1 is 1.06 bits per heavy atom. The van der Waals surface area contributed by atoms with Crippen LogP contribution in [0.25, 0.3) is 0 Å². The number of aliphatic hydroxyl groups is 2. The Labute approximate surface area is 197 Å². The summed E-state index contributed by atoms with van der Waals surface area (Å²) in [5.74, 6) is 0.800. The normalized spacial score (nSPS) is 17.8. The van der Waals surface area contributed by atoms with E-state index in [2.05, 4.69) is 5.32 Å². The average molecular weight is 474 g/mol. The highest BCUT2D eigenvalue weighted by molar-refractivity contribution is 6.31. The molecule has 0 saturated carbocycles. The number of hydrogen-bond acceptors (Lipinski definition) is 6. The molecule has 33 heavy (non-hydrogen) atoms. The van der Waals surface area contributed by atoms with Gasteiger partial charge in [0, 0.05) is 42.7 Å². The third-order valence-electron chi connectivity index (χ3n) is 6.15. The molecule has 176 valence electrons. The van der Waals surface area contributed by atoms with Gasteiger partial charge in [-0.1, -0.05) is 29.8 Å². The molecule has 0 aliphatic carbocycles. The summed E-state index contributed by atoms with van der Waals surface area (Å²) >= 11 is 6.18. The summed E-state index contributed by atoms with van der Waals surface area (Å²) in [4.78, 5) is 29.6. The highest BCUT2D eigenvalue weighted by Crippen LogP contribution is 2.42. The number of carbonyl (C=O) groups is 2. The number of likely N-dealkylation sites (tertiary alicyclic amines) is 1. The molecule has 0 spiro atoms. The quantitative estimate of drug-likeness (QED) is 0.596. The van der Waals surface area contributed by atoms with E-state index in [1.807, 2.05) is 24.3 Å². The lowest BCUT2D eigenvalue weighted by molar-refractivity contribution is -0.141. The van der Waals surface area contributed by atoms with E-state index < -0.39 is 6.04 Å². The number of fused-ring (bicyclic) bond motifs is 2. The van der Waals surface area contributed by atoms with Gasteiger partial charge in [0.2, 0.25) is 11.8 Å². The van der Waals surface area contributed by atoms with Gasteiger partial charge in [0.25, 0.3) is 0 Å². The largest absolute Gasteiger partial charge is 0.455 e. The molecule has 2 heterocycles. The number of halogens is 1. The highest BCUT2D eigenvalue weighted by atomic mass is 35.5. The molecule has 1 atom stereocenters. The summed E-state index contributed by atoms with van der Waals surface area (Å²) < 4.78 is 6.06. The van der Waals surface area contributed by atoms with Crippen LogP contribution >= 0.6 is 11.6 Å². The molecule has 0 bridgehead atoms. The summed E-state index contributed by atoms with van der Waals surface area (Å²) in [6, 6.07) is 12.1. The van der Waals surface area contributed by atoms with Crippen LogP contribution in [0.3, 0.4) is 0 Å². The minimum atomic E-state index is -0.645. The number of benzene rings is 2. The Bertz CT molecular complexity index is 1000. The van der Waals surface area contributed by atoms with Gasteiger partial charge in [0.1, 0.15) is 11.8 Å². The third kappa shape index (κ3) is 5.08. The van der Waals surface area contributed by atoms with Crippen molar-refractivity contribution in [3.05, 3.63) is 53.1 Å². The molecule has 8 nitrogen and oxygen atoms in total. The predicted octanol–water partition coefficient (Wildman–Crippen LogP) is 2.65. The lowest BCUT2D eigenvalue weighted by Crippen LogP contribution is -2.47. The van der Waals surface area contributed by atoms with Gasteiger partial charge >= 0.3 is 0 Å². The number of anilines is 1. The van der Waals surface area contributed by atoms with Crippen LogP contribution < -0.4 is 10.1 Å². The van der Waals surface area contributed by atoms with Crippen LogP contribution in [0.5, 0.6) is 11.5 Å². The van der Waals surface area contributed by atoms with Crippen molar-refractivity contribution >= 4 is 29.1 Å². The molecule has 0 radical (unpaired) electrons. The van der Waals surface area contributed by atoms with Gasteiger partial charge in [-0.3, -0.25) is 9.59 Å². The highest BCUT2D eigenvalue weighted by Gasteiger charge is 2.35. The molecule has 3 N–H and O–H groups in total. The first-order chi connectivity index (χ1) is 16.0. The number of para-hydroxylation sites is 1. The molecule has 1 unspecified atom stereocenters. The fourth-order valence-corrected chi connectivity index (χ4v) is 4.60. The van der Waals surface area contributed by atoms with E-state index >= 15 is 0 Å². The lowest BCUT2D eigenvalue weighted by atomic mass is 9.94. The van der Waals surface area contributed by atoms with Gasteiger partial charge in [-0.05, 0) is 37.1 Å². The van der Waals surface area contributed by atoms with Gasteiger partial charge in [-0.25, -0.2) is 0 Å². The lowest BCUT2D eigenvalue weighted by Gasteiger charge is -2.35. The standard InChI is InChI=1S/C24H28ClN3O5/c25-17-5-6-21-19(15-17)26-22(18-3-1-2-4-20(18)33-21)24(32)27-9-7-16(8-10-27)23(31)28(11-13-29)12-14-30/h1-6,15-16,22,26,29-30H,7-14H2. The first kappa shape index (κ1) is 23.4. The molecule has 4 rings (SSSR count). The molecule has 1 fully saturated rings. The van der Waals surface area contributed by atoms with Crippen LogP contribution in [-0.2, 0) is 9.59 Å². The molecule has 2 aliphatic heterocycles. The summed E-state index contributed by atoms with van der Waals surface area (Å²) in [6.45, 7) is 0.995. The van der Waals surface area contributed by atoms with Crippen molar-refractivity contribution < 1.29 is 24.5 Å². The minimum Gasteiger partial charge on any atom is -0.455 e. The maximum absolute atomic E-state index is 13.6. The smallest absolute Gasteiger partial charge is 0.249 e. The number of aliphatic hydroxyl groups excluding tert-OH is 2. The van der Waals surface area contributed by atoms with Gasteiger partial charge in [0.15, 0.2) is 5.75 Å². The molecule has 0 aromatic heterocycles. The van der Waals surface area contributed by atoms with E-state index in [0.717, 1.165) is 5.56 Å². The van der Waals surface area contributed by atoms with Gasteiger partial charge in [-0.15, -0.1) is 0 Å². The predicted molar refractivity (Wildman–Crippen MR) is 124 cm³/mol. The SMILES string of the molecule is O=C(C1CCN(C(=O)C2Nc3cc(Cl)ccc3Oc3ccccc32)CC1)N(CCO)CCO. The molecule has 2 aromatic carbocycles. The van der Waals surface area contributed by atoms with Crippen LogP contribution in [0.4, 0.5) is 5.69 Å². The van der Waals surface area contributed by atoms with Crippen LogP contribution in [-0.4, -0.2) is 71.2 Å². The molecule has 9 heteroatoms. The third-order valence-corrected chi connectivity index (χ3v) is 6.38. The number of nitrogens with one attached hydrogen (secondary N) is 1. The Balaban J connectivity index is 1.49. The zero-order valence-corrected chi connectivity index (χ0v) is 19.0. The molecule has 2 aliphatic rings. The molecule has 2 aromatic rings. The molecular formula is C24H28ClN3O5. The van der Waals surface area contributed by atoms with E-state index in [1.165, 1.54) is 4.90 Å². The number of piperidine rings is 1. The monoisotopic (exact) mass is 473 g/mol. The molecular weight excluding hydrogens is 446 g/mol. The maximum atomic E-state index is 13.6. The van der Waals surface area contributed by atoms with E-state index in [9.17, 15) is 19.8 Å². The first-order valence-corrected chi connectivity index (χ1v) is 11.5. The number of ether oxygens (including phenoxy) is 1. The fourth-order valence-electron chi connectivity index (χ4n) is 4.42. The zero-order chi connectivity index (χ0) is 23.4. The second-order valence-electron chi connectivity index (χ2n) is 8.23. The van der Waals surface area contributed by atoms with E-state index in [4.69, 9.17) is 16.3 Å². The van der Waals surface area contributed by atoms with E-state index in [1.54, 1.807) is 23.1 Å². The van der Waals surface area contributed by atoms with Crippen molar-refractivity contribution in [1.29, 1.82) is 0 Å². The van der Waals surface area contributed by atoms with Crippen molar-refractivity contribution in [1.82, 2.24) is 9.80 Å². The topological polar surface area (TPSA) is 102 Å². The summed E-state index contributed by atoms with van der Waals surface area (Å²) in [7, 11) is 0. The van der Waals surface area contributed by atoms with Crippen LogP contribution in [0, 0.1) is 5.92 Å². The van der Waals surface area contributed by atoms with Crippen molar-refractivity contribution in [2.24, 2.45) is 5.92 Å². The number of rotatable bonds is 6. The maximum Gasteiger partial charge on any atom is 0.249 e. The average Bonchev–Trinajstić information content (AvgIpc) is 2.99. The van der Waals surface area contributed by atoms with Crippen molar-refractivity contribution in [3.8, 4) is 11.5 Å². The summed E-state index contributed by atoms with van der Waals surface area (Å²) in [5, 5.41) is 22.3. The number of carbonyl (C=O) groups excluding carboxylic acids is 2. The summed E-state index contributed by atoms with van der Waals surface area (Å²) in [6.07, 6.45) is 1.07. The Morgan fingerprint density at radius 3 is 2.45 bits per heavy atom. The van der Waals surface area contributed by atoms with Gasteiger partial charge < -0.3 is 30.1 Å². The van der Waals surface area contributed by atoms with E-state index in [0.29, 0.717) is 48.1 Å². The Kier molecular flexibility index (Phi) is 7.37. The Hall–Kier alpha value is -2.81. The molecule has 1 saturated heterocycles. The van der Waals surface area contributed by atoms with Crippen LogP contribution in [0.15, 0.2) is 42.5 Å².